The van der Waals surface area contributed by atoms with Gasteiger partial charge in [0.05, 0.1) is 0 Å². The molecule has 0 aliphatic rings. The fourth-order valence-electron chi connectivity index (χ4n) is 1.97. The third-order valence-electron chi connectivity index (χ3n) is 3.12. The highest BCUT2D eigenvalue weighted by Crippen LogP contribution is 2.24. The third-order valence-corrected chi connectivity index (χ3v) is 4.12. The van der Waals surface area contributed by atoms with E-state index < -0.39 is 0 Å². The molecule has 0 spiro atoms. The van der Waals surface area contributed by atoms with E-state index in [1.165, 1.54) is 11.1 Å². The second-order valence-corrected chi connectivity index (χ2v) is 5.78. The summed E-state index contributed by atoms with van der Waals surface area (Å²) in [7, 11) is 2.74. The van der Waals surface area contributed by atoms with E-state index in [1.807, 2.05) is 6.07 Å². The molecule has 1 aromatic carbocycles. The summed E-state index contributed by atoms with van der Waals surface area (Å²) in [5.74, 6) is 0.0779. The van der Waals surface area contributed by atoms with E-state index in [0.29, 0.717) is 5.03 Å². The highest BCUT2D eigenvalue weighted by molar-refractivity contribution is 7.94. The zero-order valence-corrected chi connectivity index (χ0v) is 13.3. The molecule has 2 rings (SSSR count). The maximum Gasteiger partial charge on any atom is 0.129 e. The van der Waals surface area contributed by atoms with E-state index in [2.05, 4.69) is 50.7 Å². The van der Waals surface area contributed by atoms with Crippen LogP contribution in [0, 0.1) is 0 Å². The molecule has 2 atom stereocenters. The molecular formula is C15H18FN2PS. The van der Waals surface area contributed by atoms with Gasteiger partial charge in [-0.05, 0) is 35.2 Å². The summed E-state index contributed by atoms with van der Waals surface area (Å²) in [5.41, 5.74) is 3.60. The SMILES string of the molecule is CCc1cccc(CNC(P)c2ccnc(SF)c2)c1. The van der Waals surface area contributed by atoms with E-state index in [1.54, 1.807) is 12.3 Å². The minimum Gasteiger partial charge on any atom is -0.303 e. The molecule has 1 heterocycles. The van der Waals surface area contributed by atoms with Crippen molar-refractivity contribution in [2.24, 2.45) is 0 Å². The van der Waals surface area contributed by atoms with Gasteiger partial charge < -0.3 is 5.32 Å². The second-order valence-electron chi connectivity index (χ2n) is 4.54. The van der Waals surface area contributed by atoms with Gasteiger partial charge in [0.2, 0.25) is 0 Å². The molecule has 0 fully saturated rings. The first-order chi connectivity index (χ1) is 9.72. The van der Waals surface area contributed by atoms with Crippen LogP contribution in [0.2, 0.25) is 0 Å². The molecule has 2 nitrogen and oxygen atoms in total. The summed E-state index contributed by atoms with van der Waals surface area (Å²) in [6, 6.07) is 12.2. The van der Waals surface area contributed by atoms with Gasteiger partial charge in [-0.25, -0.2) is 4.98 Å². The minimum atomic E-state index is 0.0779. The molecular weight excluding hydrogens is 290 g/mol. The van der Waals surface area contributed by atoms with Gasteiger partial charge >= 0.3 is 0 Å². The van der Waals surface area contributed by atoms with Gasteiger partial charge in [-0.3, -0.25) is 0 Å². The monoisotopic (exact) mass is 308 g/mol. The van der Waals surface area contributed by atoms with Crippen LogP contribution in [0.5, 0.6) is 0 Å². The maximum absolute atomic E-state index is 12.5. The van der Waals surface area contributed by atoms with Crippen molar-refractivity contribution in [3.8, 4) is 0 Å². The number of nitrogens with one attached hydrogen (secondary N) is 1. The van der Waals surface area contributed by atoms with Crippen molar-refractivity contribution in [2.45, 2.75) is 30.7 Å². The zero-order valence-electron chi connectivity index (χ0n) is 11.3. The molecule has 5 heteroatoms. The predicted molar refractivity (Wildman–Crippen MR) is 86.3 cm³/mol. The van der Waals surface area contributed by atoms with Gasteiger partial charge in [0.15, 0.2) is 0 Å². The Morgan fingerprint density at radius 2 is 2.10 bits per heavy atom. The zero-order chi connectivity index (χ0) is 14.4. The Morgan fingerprint density at radius 3 is 2.85 bits per heavy atom. The summed E-state index contributed by atoms with van der Waals surface area (Å²) in [5, 5.41) is 3.81. The summed E-state index contributed by atoms with van der Waals surface area (Å²) in [6.45, 7) is 2.93. The lowest BCUT2D eigenvalue weighted by Gasteiger charge is -2.14. The molecule has 0 aliphatic carbocycles. The van der Waals surface area contributed by atoms with Gasteiger partial charge in [-0.15, -0.1) is 9.24 Å². The first-order valence-electron chi connectivity index (χ1n) is 6.54. The van der Waals surface area contributed by atoms with Crippen molar-refractivity contribution in [3.05, 3.63) is 59.3 Å². The highest BCUT2D eigenvalue weighted by Gasteiger charge is 2.07. The van der Waals surface area contributed by atoms with Crippen LogP contribution in [-0.2, 0) is 13.0 Å². The van der Waals surface area contributed by atoms with Crippen LogP contribution in [0.4, 0.5) is 3.89 Å². The first kappa shape index (κ1) is 15.4. The van der Waals surface area contributed by atoms with E-state index >= 15 is 0 Å². The molecule has 0 saturated carbocycles. The molecule has 0 saturated heterocycles. The number of hydrogen-bond donors (Lipinski definition) is 1. The normalized spacial score (nSPS) is 12.3. The number of benzene rings is 1. The molecule has 0 amide bonds. The molecule has 0 radical (unpaired) electrons. The lowest BCUT2D eigenvalue weighted by molar-refractivity contribution is 0.674. The maximum atomic E-state index is 12.5. The molecule has 2 unspecified atom stereocenters. The van der Waals surface area contributed by atoms with Crippen LogP contribution in [0.15, 0.2) is 47.6 Å². The van der Waals surface area contributed by atoms with Gasteiger partial charge in [-0.1, -0.05) is 31.2 Å². The largest absolute Gasteiger partial charge is 0.303 e. The third kappa shape index (κ3) is 4.27. The summed E-state index contributed by atoms with van der Waals surface area (Å²) >= 11 is 0.172. The quantitative estimate of drug-likeness (QED) is 0.806. The number of halogens is 1. The van der Waals surface area contributed by atoms with Crippen molar-refractivity contribution >= 4 is 21.4 Å². The number of aryl methyl sites for hydroxylation is 1. The van der Waals surface area contributed by atoms with Crippen molar-refractivity contribution in [1.29, 1.82) is 0 Å². The van der Waals surface area contributed by atoms with Crippen molar-refractivity contribution < 1.29 is 3.89 Å². The average molecular weight is 308 g/mol. The lowest BCUT2D eigenvalue weighted by Crippen LogP contribution is -2.16. The molecule has 1 aromatic heterocycles. The van der Waals surface area contributed by atoms with Crippen LogP contribution >= 0.6 is 21.4 Å². The van der Waals surface area contributed by atoms with E-state index in [9.17, 15) is 3.89 Å². The molecule has 20 heavy (non-hydrogen) atoms. The molecule has 2 aromatic rings. The van der Waals surface area contributed by atoms with Gasteiger partial charge in [0.25, 0.3) is 0 Å². The Hall–Kier alpha value is -0.960. The minimum absolute atomic E-state index is 0.0779. The Morgan fingerprint density at radius 1 is 1.30 bits per heavy atom. The number of pyridine rings is 1. The fraction of sp³-hybridized carbons (Fsp3) is 0.267. The smallest absolute Gasteiger partial charge is 0.129 e. The Kier molecular flexibility index (Phi) is 5.96. The van der Waals surface area contributed by atoms with Crippen molar-refractivity contribution in [3.63, 3.8) is 0 Å². The van der Waals surface area contributed by atoms with Crippen LogP contribution in [-0.4, -0.2) is 4.98 Å². The second kappa shape index (κ2) is 7.72. The van der Waals surface area contributed by atoms with E-state index in [-0.39, 0.29) is 17.9 Å². The average Bonchev–Trinajstić information content (AvgIpc) is 2.52. The Balaban J connectivity index is 1.98. The molecule has 1 N–H and O–H groups in total. The molecule has 0 aliphatic heterocycles. The van der Waals surface area contributed by atoms with Crippen molar-refractivity contribution in [1.82, 2.24) is 10.3 Å². The molecule has 106 valence electrons. The van der Waals surface area contributed by atoms with Crippen molar-refractivity contribution in [2.75, 3.05) is 0 Å². The van der Waals surface area contributed by atoms with Crippen LogP contribution < -0.4 is 5.32 Å². The van der Waals surface area contributed by atoms with E-state index in [4.69, 9.17) is 0 Å². The Bertz CT molecular complexity index is 565. The Labute approximate surface area is 126 Å². The highest BCUT2D eigenvalue weighted by atomic mass is 32.2. The summed E-state index contributed by atoms with van der Waals surface area (Å²) in [6.07, 6.45) is 2.67. The first-order valence-corrected chi connectivity index (χ1v) is 7.92. The topological polar surface area (TPSA) is 24.9 Å². The van der Waals surface area contributed by atoms with Crippen LogP contribution in [0.25, 0.3) is 0 Å². The summed E-state index contributed by atoms with van der Waals surface area (Å²) in [4.78, 5) is 3.93. The summed E-state index contributed by atoms with van der Waals surface area (Å²) < 4.78 is 12.5. The predicted octanol–water partition coefficient (Wildman–Crippen LogP) is 4.28. The van der Waals surface area contributed by atoms with Gasteiger partial charge in [-0.2, -0.15) is 3.89 Å². The number of nitrogens with zero attached hydrogens (tertiary/aromatic N) is 1. The number of hydrogen-bond acceptors (Lipinski definition) is 3. The standard InChI is InChI=1S/C15H18FN2PS/c1-2-11-4-3-5-12(8-11)10-18-15(19)13-6-7-17-14(9-13)20-16/h3-9,15,18H,2,10,19H2,1H3. The van der Waals surface area contributed by atoms with Gasteiger partial charge in [0.1, 0.15) is 17.2 Å². The lowest BCUT2D eigenvalue weighted by atomic mass is 10.1. The van der Waals surface area contributed by atoms with Crippen LogP contribution in [0.1, 0.15) is 29.4 Å². The number of rotatable bonds is 6. The number of aromatic nitrogens is 1. The van der Waals surface area contributed by atoms with Crippen LogP contribution in [0.3, 0.4) is 0 Å². The van der Waals surface area contributed by atoms with E-state index in [0.717, 1.165) is 18.5 Å². The molecule has 0 bridgehead atoms. The van der Waals surface area contributed by atoms with Gasteiger partial charge in [0, 0.05) is 18.5 Å². The fourth-order valence-corrected chi connectivity index (χ4v) is 2.57.